The minimum Gasteiger partial charge on any atom is -0.453 e. The zero-order valence-corrected chi connectivity index (χ0v) is 23.9. The van der Waals surface area contributed by atoms with Gasteiger partial charge in [0, 0.05) is 63.7 Å². The number of halogens is 3. The van der Waals surface area contributed by atoms with Gasteiger partial charge < -0.3 is 33.6 Å². The Labute approximate surface area is 247 Å². The number of anilines is 2. The summed E-state index contributed by atoms with van der Waals surface area (Å²) in [5, 5.41) is 0. The molecule has 4 aliphatic heterocycles. The Morgan fingerprint density at radius 1 is 0.674 bits per heavy atom. The van der Waals surface area contributed by atoms with E-state index in [0.717, 1.165) is 37.6 Å². The van der Waals surface area contributed by atoms with Crippen molar-refractivity contribution in [2.45, 2.75) is 30.7 Å². The van der Waals surface area contributed by atoms with Crippen molar-refractivity contribution in [3.63, 3.8) is 0 Å². The number of hydrogen-bond donors (Lipinski definition) is 0. The summed E-state index contributed by atoms with van der Waals surface area (Å²) in [5.74, 6) is -1.03. The van der Waals surface area contributed by atoms with Crippen molar-refractivity contribution in [3.8, 4) is 0 Å². The smallest absolute Gasteiger partial charge is 0.453 e. The number of hydrogen-bond acceptors (Lipinski definition) is 10. The fourth-order valence-corrected chi connectivity index (χ4v) is 5.94. The van der Waals surface area contributed by atoms with Crippen LogP contribution in [-0.4, -0.2) is 125 Å². The van der Waals surface area contributed by atoms with Crippen molar-refractivity contribution < 1.29 is 41.7 Å². The molecule has 43 heavy (non-hydrogen) atoms. The first kappa shape index (κ1) is 29.7. The number of rotatable bonds is 6. The molecular formula is C30H35F3N4O6. The van der Waals surface area contributed by atoms with Crippen molar-refractivity contribution >= 4 is 23.3 Å². The lowest BCUT2D eigenvalue weighted by Crippen LogP contribution is -2.51. The molecule has 232 valence electrons. The van der Waals surface area contributed by atoms with Crippen LogP contribution in [0.25, 0.3) is 0 Å². The van der Waals surface area contributed by atoms with Crippen LogP contribution in [0.4, 0.5) is 24.5 Å². The Morgan fingerprint density at radius 3 is 1.47 bits per heavy atom. The fraction of sp³-hybridized carbons (Fsp3) is 0.533. The quantitative estimate of drug-likeness (QED) is 0.363. The zero-order chi connectivity index (χ0) is 30.1. The van der Waals surface area contributed by atoms with Gasteiger partial charge in [-0.1, -0.05) is 0 Å². The van der Waals surface area contributed by atoms with Crippen molar-refractivity contribution in [3.05, 3.63) is 59.7 Å². The normalized spacial score (nSPS) is 26.8. The highest BCUT2D eigenvalue weighted by atomic mass is 19.4. The van der Waals surface area contributed by atoms with E-state index in [0.29, 0.717) is 16.0 Å². The number of carbonyl (C=O) groups is 2. The van der Waals surface area contributed by atoms with E-state index in [1.54, 1.807) is 36.4 Å². The van der Waals surface area contributed by atoms with Crippen LogP contribution in [-0.2, 0) is 18.9 Å². The maximum Gasteiger partial charge on any atom is 0.460 e. The third-order valence-corrected chi connectivity index (χ3v) is 8.56. The zero-order valence-electron chi connectivity index (χ0n) is 23.9. The molecule has 10 nitrogen and oxygen atoms in total. The molecule has 0 saturated carbocycles. The first-order valence-electron chi connectivity index (χ1n) is 14.5. The van der Waals surface area contributed by atoms with E-state index in [4.69, 9.17) is 18.9 Å². The van der Waals surface area contributed by atoms with Gasteiger partial charge in [0.15, 0.2) is 12.2 Å². The van der Waals surface area contributed by atoms with Gasteiger partial charge in [-0.2, -0.15) is 13.2 Å². The predicted molar refractivity (Wildman–Crippen MR) is 150 cm³/mol. The van der Waals surface area contributed by atoms with Crippen LogP contribution in [0.5, 0.6) is 0 Å². The van der Waals surface area contributed by atoms with Crippen LogP contribution < -0.4 is 9.80 Å². The Morgan fingerprint density at radius 2 is 1.07 bits per heavy atom. The van der Waals surface area contributed by atoms with Crippen LogP contribution in [0, 0.1) is 0 Å². The monoisotopic (exact) mass is 604 g/mol. The van der Waals surface area contributed by atoms with Crippen LogP contribution in [0.15, 0.2) is 48.5 Å². The van der Waals surface area contributed by atoms with E-state index in [9.17, 15) is 22.8 Å². The summed E-state index contributed by atoms with van der Waals surface area (Å²) in [4.78, 5) is 32.6. The summed E-state index contributed by atoms with van der Waals surface area (Å²) in [7, 11) is 2.10. The summed E-state index contributed by atoms with van der Waals surface area (Å²) in [6, 6.07) is 14.0. The molecule has 6 rings (SSSR count). The van der Waals surface area contributed by atoms with Crippen LogP contribution >= 0.6 is 0 Å². The molecule has 4 aliphatic rings. The van der Waals surface area contributed by atoms with E-state index in [1.165, 1.54) is 0 Å². The highest BCUT2D eigenvalue weighted by Gasteiger charge is 2.51. The standard InChI is InChI=1S/C30H35F3N4O6/c1-34-10-12-35(13-11-34)22-6-2-20(3-7-22)28(38)42-24-18-40-27-25(19-41-26(24)27)43-29(39)21-4-8-23(9-5-21)36-14-16-37(17-15-36)30(31,32)33/h2-9,24-27H,10-19H2,1H3. The predicted octanol–water partition coefficient (Wildman–Crippen LogP) is 2.63. The van der Waals surface area contributed by atoms with Gasteiger partial charge in [-0.25, -0.2) is 14.5 Å². The second-order valence-electron chi connectivity index (χ2n) is 11.3. The maximum absolute atomic E-state index is 12.9. The van der Waals surface area contributed by atoms with Crippen molar-refractivity contribution in [2.75, 3.05) is 82.4 Å². The first-order chi connectivity index (χ1) is 20.7. The lowest BCUT2D eigenvalue weighted by molar-refractivity contribution is -0.246. The Hall–Kier alpha value is -3.39. The Balaban J connectivity index is 0.984. The number of nitrogens with zero attached hydrogens (tertiary/aromatic N) is 4. The molecule has 0 radical (unpaired) electrons. The molecule has 0 spiro atoms. The lowest BCUT2D eigenvalue weighted by atomic mass is 10.1. The Bertz CT molecular complexity index is 1280. The molecule has 4 atom stereocenters. The highest BCUT2D eigenvalue weighted by Crippen LogP contribution is 2.32. The number of carbonyl (C=O) groups excluding carboxylic acids is 2. The number of benzene rings is 2. The number of likely N-dealkylation sites (N-methyl/N-ethyl adjacent to an activating group) is 1. The summed E-state index contributed by atoms with van der Waals surface area (Å²) in [6.45, 7) is 4.33. The van der Waals surface area contributed by atoms with Crippen LogP contribution in [0.3, 0.4) is 0 Å². The van der Waals surface area contributed by atoms with Gasteiger partial charge in [0.2, 0.25) is 0 Å². The van der Waals surface area contributed by atoms with Gasteiger partial charge in [0.25, 0.3) is 0 Å². The summed E-state index contributed by atoms with van der Waals surface area (Å²) in [6.07, 6.45) is -6.74. The summed E-state index contributed by atoms with van der Waals surface area (Å²) in [5.41, 5.74) is 2.55. The van der Waals surface area contributed by atoms with E-state index in [2.05, 4.69) is 16.8 Å². The summed E-state index contributed by atoms with van der Waals surface area (Å²) < 4.78 is 61.8. The fourth-order valence-electron chi connectivity index (χ4n) is 5.94. The van der Waals surface area contributed by atoms with E-state index in [1.807, 2.05) is 17.0 Å². The molecule has 0 bridgehead atoms. The molecule has 4 unspecified atom stereocenters. The number of ether oxygens (including phenoxy) is 4. The average molecular weight is 605 g/mol. The molecule has 2 aromatic carbocycles. The van der Waals surface area contributed by atoms with Crippen molar-refractivity contribution in [1.82, 2.24) is 9.80 Å². The van der Waals surface area contributed by atoms with E-state index >= 15 is 0 Å². The van der Waals surface area contributed by atoms with Gasteiger partial charge in [-0.15, -0.1) is 0 Å². The average Bonchev–Trinajstić information content (AvgIpc) is 3.60. The van der Waals surface area contributed by atoms with Crippen LogP contribution in [0.2, 0.25) is 0 Å². The third kappa shape index (κ3) is 6.59. The SMILES string of the molecule is CN1CCN(c2ccc(C(=O)OC3COC4C(OC(=O)c5ccc(N6CCN(C(F)(F)F)CC6)cc5)COC34)cc2)CC1. The number of esters is 2. The van der Waals surface area contributed by atoms with Gasteiger partial charge in [-0.3, -0.25) is 0 Å². The van der Waals surface area contributed by atoms with Gasteiger partial charge in [0.1, 0.15) is 12.2 Å². The molecule has 4 heterocycles. The van der Waals surface area contributed by atoms with Gasteiger partial charge in [-0.05, 0) is 55.6 Å². The minimum atomic E-state index is -4.33. The molecule has 0 aliphatic carbocycles. The molecule has 13 heteroatoms. The molecular weight excluding hydrogens is 569 g/mol. The molecule has 4 fully saturated rings. The lowest BCUT2D eigenvalue weighted by Gasteiger charge is -2.36. The van der Waals surface area contributed by atoms with Crippen molar-refractivity contribution in [2.24, 2.45) is 0 Å². The minimum absolute atomic E-state index is 0.108. The van der Waals surface area contributed by atoms with E-state index < -0.39 is 42.7 Å². The summed E-state index contributed by atoms with van der Waals surface area (Å²) >= 11 is 0. The molecule has 4 saturated heterocycles. The molecule has 0 aromatic heterocycles. The van der Waals surface area contributed by atoms with E-state index in [-0.39, 0.29) is 39.4 Å². The Kier molecular flexibility index (Phi) is 8.49. The van der Waals surface area contributed by atoms with Gasteiger partial charge >= 0.3 is 18.2 Å². The number of alkyl halides is 3. The topological polar surface area (TPSA) is 84.0 Å². The first-order valence-corrected chi connectivity index (χ1v) is 14.5. The molecule has 0 N–H and O–H groups in total. The van der Waals surface area contributed by atoms with Crippen molar-refractivity contribution in [1.29, 1.82) is 0 Å². The maximum atomic E-state index is 12.9. The second kappa shape index (κ2) is 12.3. The third-order valence-electron chi connectivity index (χ3n) is 8.56. The molecule has 2 aromatic rings. The second-order valence-corrected chi connectivity index (χ2v) is 11.3. The highest BCUT2D eigenvalue weighted by molar-refractivity contribution is 5.90. The molecule has 0 amide bonds. The number of piperazine rings is 2. The number of fused-ring (bicyclic) bond motifs is 1. The van der Waals surface area contributed by atoms with Gasteiger partial charge in [0.05, 0.1) is 24.3 Å². The van der Waals surface area contributed by atoms with Crippen LogP contribution in [0.1, 0.15) is 20.7 Å². The largest absolute Gasteiger partial charge is 0.460 e.